The van der Waals surface area contributed by atoms with Gasteiger partial charge in [0.25, 0.3) is 0 Å². The molecule has 0 atom stereocenters. The third kappa shape index (κ3) is 3.45. The number of halogens is 2. The van der Waals surface area contributed by atoms with Gasteiger partial charge in [-0.3, -0.25) is 0 Å². The molecule has 0 unspecified atom stereocenters. The van der Waals surface area contributed by atoms with Crippen LogP contribution in [0.2, 0.25) is 10.3 Å². The van der Waals surface area contributed by atoms with Gasteiger partial charge in [-0.25, -0.2) is 13.4 Å². The van der Waals surface area contributed by atoms with Crippen LogP contribution in [0.3, 0.4) is 0 Å². The monoisotopic (exact) mass is 345 g/mol. The molecule has 8 heteroatoms. The predicted octanol–water partition coefficient (Wildman–Crippen LogP) is 3.63. The first-order valence-electron chi connectivity index (χ1n) is 6.12. The Balaban J connectivity index is 2.56. The van der Waals surface area contributed by atoms with Gasteiger partial charge < -0.3 is 5.32 Å². The molecule has 21 heavy (non-hydrogen) atoms. The molecule has 0 aliphatic heterocycles. The molecule has 0 bridgehead atoms. The lowest BCUT2D eigenvalue weighted by atomic mass is 10.2. The number of hydrogen-bond acceptors (Lipinski definition) is 5. The second-order valence-electron chi connectivity index (χ2n) is 4.32. The Labute approximate surface area is 133 Å². The Hall–Kier alpha value is -1.37. The van der Waals surface area contributed by atoms with Gasteiger partial charge in [0.1, 0.15) is 5.02 Å². The molecule has 0 radical (unpaired) electrons. The van der Waals surface area contributed by atoms with Gasteiger partial charge in [-0.2, -0.15) is 4.98 Å². The van der Waals surface area contributed by atoms with Crippen molar-refractivity contribution in [2.24, 2.45) is 0 Å². The number of benzene rings is 1. The van der Waals surface area contributed by atoms with Crippen molar-refractivity contribution in [2.75, 3.05) is 11.1 Å². The SMILES string of the molecule is CCS(=O)(=O)c1c(C)cccc1Nc1nc(Cl)ncc1Cl. The van der Waals surface area contributed by atoms with Gasteiger partial charge in [-0.15, -0.1) is 0 Å². The number of aromatic nitrogens is 2. The summed E-state index contributed by atoms with van der Waals surface area (Å²) in [6.07, 6.45) is 1.35. The molecule has 112 valence electrons. The van der Waals surface area contributed by atoms with E-state index in [2.05, 4.69) is 15.3 Å². The van der Waals surface area contributed by atoms with E-state index in [1.165, 1.54) is 6.20 Å². The number of hydrogen-bond donors (Lipinski definition) is 1. The van der Waals surface area contributed by atoms with E-state index < -0.39 is 9.84 Å². The molecule has 0 saturated carbocycles. The third-order valence-corrected chi connectivity index (χ3v) is 5.25. The van der Waals surface area contributed by atoms with Crippen LogP contribution in [0.4, 0.5) is 11.5 Å². The van der Waals surface area contributed by atoms with E-state index in [0.29, 0.717) is 11.3 Å². The lowest BCUT2D eigenvalue weighted by Gasteiger charge is -2.14. The number of sulfone groups is 1. The molecule has 5 nitrogen and oxygen atoms in total. The minimum Gasteiger partial charge on any atom is -0.338 e. The minimum absolute atomic E-state index is 0.00476. The lowest BCUT2D eigenvalue weighted by molar-refractivity contribution is 0.597. The highest BCUT2D eigenvalue weighted by Gasteiger charge is 2.20. The van der Waals surface area contributed by atoms with Crippen molar-refractivity contribution in [3.05, 3.63) is 40.3 Å². The van der Waals surface area contributed by atoms with E-state index in [1.54, 1.807) is 32.0 Å². The van der Waals surface area contributed by atoms with Crippen LogP contribution in [-0.4, -0.2) is 24.1 Å². The summed E-state index contributed by atoms with van der Waals surface area (Å²) in [5.41, 5.74) is 1.06. The van der Waals surface area contributed by atoms with E-state index >= 15 is 0 Å². The summed E-state index contributed by atoms with van der Waals surface area (Å²) >= 11 is 11.7. The molecule has 1 aromatic carbocycles. The molecular weight excluding hydrogens is 333 g/mol. The molecule has 2 rings (SSSR count). The van der Waals surface area contributed by atoms with Crippen LogP contribution in [0.5, 0.6) is 0 Å². The average Bonchev–Trinajstić information content (AvgIpc) is 2.42. The number of nitrogens with zero attached hydrogens (tertiary/aromatic N) is 2. The van der Waals surface area contributed by atoms with Crippen LogP contribution in [0.15, 0.2) is 29.3 Å². The van der Waals surface area contributed by atoms with Gasteiger partial charge in [0.05, 0.1) is 22.5 Å². The van der Waals surface area contributed by atoms with Crippen molar-refractivity contribution in [2.45, 2.75) is 18.7 Å². The standard InChI is InChI=1S/C13H13Cl2N3O2S/c1-3-21(19,20)11-8(2)5-4-6-10(11)17-12-9(14)7-16-13(15)18-12/h4-7H,3H2,1-2H3,(H,16,17,18). The van der Waals surface area contributed by atoms with Crippen LogP contribution in [-0.2, 0) is 9.84 Å². The summed E-state index contributed by atoms with van der Waals surface area (Å²) in [6, 6.07) is 5.15. The Morgan fingerprint density at radius 3 is 2.67 bits per heavy atom. The van der Waals surface area contributed by atoms with Crippen molar-refractivity contribution in [1.82, 2.24) is 9.97 Å². The maximum atomic E-state index is 12.3. The number of nitrogens with one attached hydrogen (secondary N) is 1. The van der Waals surface area contributed by atoms with Crippen molar-refractivity contribution in [1.29, 1.82) is 0 Å². The van der Waals surface area contributed by atoms with Gasteiger partial charge in [0, 0.05) is 0 Å². The van der Waals surface area contributed by atoms with E-state index in [-0.39, 0.29) is 26.8 Å². The zero-order chi connectivity index (χ0) is 15.6. The van der Waals surface area contributed by atoms with Crippen molar-refractivity contribution in [3.63, 3.8) is 0 Å². The number of anilines is 2. The minimum atomic E-state index is -3.38. The highest BCUT2D eigenvalue weighted by molar-refractivity contribution is 7.91. The Bertz CT molecular complexity index is 779. The average molecular weight is 346 g/mol. The fourth-order valence-electron chi connectivity index (χ4n) is 1.87. The maximum absolute atomic E-state index is 12.3. The summed E-state index contributed by atoms with van der Waals surface area (Å²) in [5, 5.41) is 3.19. The fourth-order valence-corrected chi connectivity index (χ4v) is 3.44. The van der Waals surface area contributed by atoms with Crippen molar-refractivity contribution in [3.8, 4) is 0 Å². The van der Waals surface area contributed by atoms with Gasteiger partial charge in [0.15, 0.2) is 15.7 Å². The number of aryl methyl sites for hydroxylation is 1. The van der Waals surface area contributed by atoms with Crippen LogP contribution < -0.4 is 5.32 Å². The Morgan fingerprint density at radius 1 is 1.29 bits per heavy atom. The molecule has 0 spiro atoms. The summed E-state index contributed by atoms with van der Waals surface area (Å²) < 4.78 is 24.5. The van der Waals surface area contributed by atoms with E-state index in [9.17, 15) is 8.42 Å². The summed E-state index contributed by atoms with van der Waals surface area (Å²) in [4.78, 5) is 7.95. The van der Waals surface area contributed by atoms with Crippen LogP contribution in [0.25, 0.3) is 0 Å². The molecule has 1 N–H and O–H groups in total. The second kappa shape index (κ2) is 6.17. The topological polar surface area (TPSA) is 72.0 Å². The highest BCUT2D eigenvalue weighted by Crippen LogP contribution is 2.30. The molecule has 0 saturated heterocycles. The highest BCUT2D eigenvalue weighted by atomic mass is 35.5. The summed E-state index contributed by atoms with van der Waals surface area (Å²) in [6.45, 7) is 3.34. The van der Waals surface area contributed by atoms with Gasteiger partial charge >= 0.3 is 0 Å². The first-order chi connectivity index (χ1) is 9.85. The zero-order valence-electron chi connectivity index (χ0n) is 11.4. The predicted molar refractivity (Wildman–Crippen MR) is 84.2 cm³/mol. The van der Waals surface area contributed by atoms with Crippen molar-refractivity contribution >= 4 is 44.5 Å². The molecule has 2 aromatic rings. The molecular formula is C13H13Cl2N3O2S. The zero-order valence-corrected chi connectivity index (χ0v) is 13.7. The Kier molecular flexibility index (Phi) is 4.70. The molecule has 0 aliphatic rings. The van der Waals surface area contributed by atoms with Gasteiger partial charge in [0.2, 0.25) is 5.28 Å². The molecule has 1 heterocycles. The normalized spacial score (nSPS) is 11.4. The first-order valence-corrected chi connectivity index (χ1v) is 8.53. The van der Waals surface area contributed by atoms with E-state index in [0.717, 1.165) is 0 Å². The molecule has 1 aromatic heterocycles. The van der Waals surface area contributed by atoms with E-state index in [4.69, 9.17) is 23.2 Å². The first kappa shape index (κ1) is 16.0. The molecule has 0 amide bonds. The van der Waals surface area contributed by atoms with Crippen LogP contribution in [0, 0.1) is 6.92 Å². The Morgan fingerprint density at radius 2 is 2.00 bits per heavy atom. The van der Waals surface area contributed by atoms with Gasteiger partial charge in [-0.05, 0) is 30.2 Å². The van der Waals surface area contributed by atoms with E-state index in [1.807, 2.05) is 0 Å². The number of rotatable bonds is 4. The third-order valence-electron chi connectivity index (χ3n) is 2.87. The van der Waals surface area contributed by atoms with Crippen LogP contribution in [0.1, 0.15) is 12.5 Å². The lowest BCUT2D eigenvalue weighted by Crippen LogP contribution is -2.09. The maximum Gasteiger partial charge on any atom is 0.224 e. The summed E-state index contributed by atoms with van der Waals surface area (Å²) in [7, 11) is -3.38. The second-order valence-corrected chi connectivity index (χ2v) is 7.28. The molecule has 0 aliphatic carbocycles. The largest absolute Gasteiger partial charge is 0.338 e. The quantitative estimate of drug-likeness (QED) is 0.856. The summed E-state index contributed by atoms with van der Waals surface area (Å²) in [5.74, 6) is 0.264. The molecule has 0 fully saturated rings. The fraction of sp³-hybridized carbons (Fsp3) is 0.231. The van der Waals surface area contributed by atoms with Gasteiger partial charge in [-0.1, -0.05) is 30.7 Å². The van der Waals surface area contributed by atoms with Crippen LogP contribution >= 0.6 is 23.2 Å². The van der Waals surface area contributed by atoms with Crippen molar-refractivity contribution < 1.29 is 8.42 Å². The smallest absolute Gasteiger partial charge is 0.224 e.